The summed E-state index contributed by atoms with van der Waals surface area (Å²) in [6, 6.07) is 0.0700. The Hall–Kier alpha value is -1.32. The van der Waals surface area contributed by atoms with Gasteiger partial charge in [-0.2, -0.15) is 13.2 Å². The van der Waals surface area contributed by atoms with Gasteiger partial charge in [0.1, 0.15) is 18.5 Å². The molecule has 2 rings (SSSR count). The van der Waals surface area contributed by atoms with Crippen molar-refractivity contribution in [2.45, 2.75) is 18.1 Å². The molecule has 23 heavy (non-hydrogen) atoms. The van der Waals surface area contributed by atoms with E-state index in [1.165, 1.54) is 4.90 Å². The maximum atomic E-state index is 14.1. The summed E-state index contributed by atoms with van der Waals surface area (Å²) in [4.78, 5) is 1.33. The van der Waals surface area contributed by atoms with Crippen molar-refractivity contribution in [3.8, 4) is 0 Å². The van der Waals surface area contributed by atoms with Crippen molar-refractivity contribution in [3.05, 3.63) is 35.1 Å². The molecule has 0 bridgehead atoms. The van der Waals surface area contributed by atoms with Crippen LogP contribution >= 0.6 is 0 Å². The van der Waals surface area contributed by atoms with Crippen LogP contribution in [0.25, 0.3) is 0 Å². The largest absolute Gasteiger partial charge is 0.419 e. The molecule has 0 amide bonds. The summed E-state index contributed by atoms with van der Waals surface area (Å²) in [5.41, 5.74) is -1.80. The predicted octanol–water partition coefficient (Wildman–Crippen LogP) is 2.42. The SMILES string of the molecule is OCC(F)(F)[C@H](c1ccc(C(F)(F)F)c(F)c1)N1CCNCC1. The number of alkyl halides is 5. The molecule has 0 radical (unpaired) electrons. The van der Waals surface area contributed by atoms with Crippen LogP contribution in [0.3, 0.4) is 0 Å². The molecular formula is C14H16F6N2O. The Labute approximate surface area is 128 Å². The molecule has 0 aromatic heterocycles. The third-order valence-electron chi connectivity index (χ3n) is 3.74. The molecule has 9 heteroatoms. The number of nitrogens with one attached hydrogen (secondary N) is 1. The van der Waals surface area contributed by atoms with Crippen LogP contribution in [0.4, 0.5) is 26.3 Å². The van der Waals surface area contributed by atoms with E-state index in [4.69, 9.17) is 5.11 Å². The fourth-order valence-electron chi connectivity index (χ4n) is 2.68. The third-order valence-corrected chi connectivity index (χ3v) is 3.74. The molecular weight excluding hydrogens is 326 g/mol. The Morgan fingerprint density at radius 1 is 1.13 bits per heavy atom. The fourth-order valence-corrected chi connectivity index (χ4v) is 2.68. The molecule has 0 aliphatic carbocycles. The van der Waals surface area contributed by atoms with Gasteiger partial charge in [-0.05, 0) is 17.7 Å². The minimum atomic E-state index is -4.90. The summed E-state index contributed by atoms with van der Waals surface area (Å²) >= 11 is 0. The molecule has 1 fully saturated rings. The Kier molecular flexibility index (Phi) is 5.22. The molecule has 1 heterocycles. The highest BCUT2D eigenvalue weighted by Crippen LogP contribution is 2.39. The topological polar surface area (TPSA) is 35.5 Å². The summed E-state index contributed by atoms with van der Waals surface area (Å²) in [7, 11) is 0. The van der Waals surface area contributed by atoms with Gasteiger partial charge < -0.3 is 10.4 Å². The van der Waals surface area contributed by atoms with E-state index in [9.17, 15) is 26.3 Å². The van der Waals surface area contributed by atoms with Crippen molar-refractivity contribution >= 4 is 0 Å². The first-order chi connectivity index (χ1) is 10.7. The van der Waals surface area contributed by atoms with E-state index in [0.29, 0.717) is 25.2 Å². The van der Waals surface area contributed by atoms with Gasteiger partial charge in [-0.25, -0.2) is 13.2 Å². The van der Waals surface area contributed by atoms with E-state index in [-0.39, 0.29) is 18.7 Å². The van der Waals surface area contributed by atoms with Crippen LogP contribution in [0, 0.1) is 5.82 Å². The van der Waals surface area contributed by atoms with Crippen LogP contribution in [0.15, 0.2) is 18.2 Å². The number of piperazine rings is 1. The minimum Gasteiger partial charge on any atom is -0.390 e. The molecule has 1 aliphatic heterocycles. The standard InChI is InChI=1S/C14H16F6N2O/c15-11-7-9(1-2-10(11)14(18,19)20)12(13(16,17)8-23)22-5-3-21-4-6-22/h1-2,7,12,21,23H,3-6,8H2/t12-/m0/s1. The molecule has 1 saturated heterocycles. The van der Waals surface area contributed by atoms with E-state index < -0.39 is 36.1 Å². The summed E-state index contributed by atoms with van der Waals surface area (Å²) < 4.78 is 79.7. The van der Waals surface area contributed by atoms with Gasteiger partial charge in [-0.1, -0.05) is 6.07 Å². The van der Waals surface area contributed by atoms with E-state index >= 15 is 0 Å². The number of nitrogens with zero attached hydrogens (tertiary/aromatic N) is 1. The lowest BCUT2D eigenvalue weighted by Crippen LogP contribution is -2.51. The zero-order valence-electron chi connectivity index (χ0n) is 12.0. The maximum absolute atomic E-state index is 14.1. The van der Waals surface area contributed by atoms with Gasteiger partial charge in [-0.3, -0.25) is 4.90 Å². The second-order valence-electron chi connectivity index (χ2n) is 5.34. The van der Waals surface area contributed by atoms with Crippen molar-refractivity contribution in [2.24, 2.45) is 0 Å². The van der Waals surface area contributed by atoms with Gasteiger partial charge in [0.15, 0.2) is 0 Å². The number of aliphatic hydroxyl groups excluding tert-OH is 1. The maximum Gasteiger partial charge on any atom is 0.419 e. The quantitative estimate of drug-likeness (QED) is 0.825. The Morgan fingerprint density at radius 3 is 2.22 bits per heavy atom. The number of rotatable bonds is 4. The van der Waals surface area contributed by atoms with Gasteiger partial charge in [0.05, 0.1) is 5.56 Å². The molecule has 0 saturated carbocycles. The van der Waals surface area contributed by atoms with Crippen molar-refractivity contribution in [3.63, 3.8) is 0 Å². The molecule has 1 aromatic rings. The molecule has 1 aromatic carbocycles. The molecule has 3 nitrogen and oxygen atoms in total. The molecule has 0 unspecified atom stereocenters. The van der Waals surface area contributed by atoms with Crippen molar-refractivity contribution in [1.29, 1.82) is 0 Å². The Bertz CT molecular complexity index is 543. The Balaban J connectivity index is 2.41. The lowest BCUT2D eigenvalue weighted by Gasteiger charge is -2.38. The van der Waals surface area contributed by atoms with Gasteiger partial charge in [0, 0.05) is 26.2 Å². The first kappa shape index (κ1) is 18.0. The second-order valence-corrected chi connectivity index (χ2v) is 5.34. The summed E-state index contributed by atoms with van der Waals surface area (Å²) in [5, 5.41) is 11.9. The van der Waals surface area contributed by atoms with Gasteiger partial charge in [0.2, 0.25) is 0 Å². The smallest absolute Gasteiger partial charge is 0.390 e. The van der Waals surface area contributed by atoms with Crippen LogP contribution in [0.2, 0.25) is 0 Å². The number of hydrogen-bond donors (Lipinski definition) is 2. The van der Waals surface area contributed by atoms with Gasteiger partial charge >= 0.3 is 6.18 Å². The molecule has 1 aliphatic rings. The van der Waals surface area contributed by atoms with Crippen LogP contribution < -0.4 is 5.32 Å². The van der Waals surface area contributed by atoms with Crippen LogP contribution in [-0.4, -0.2) is 48.7 Å². The zero-order chi connectivity index (χ0) is 17.3. The van der Waals surface area contributed by atoms with E-state index in [2.05, 4.69) is 5.32 Å². The van der Waals surface area contributed by atoms with Crippen molar-refractivity contribution < 1.29 is 31.4 Å². The zero-order valence-corrected chi connectivity index (χ0v) is 12.0. The monoisotopic (exact) mass is 342 g/mol. The molecule has 1 atom stereocenters. The van der Waals surface area contributed by atoms with Crippen LogP contribution in [0.1, 0.15) is 17.2 Å². The van der Waals surface area contributed by atoms with E-state index in [1.807, 2.05) is 0 Å². The van der Waals surface area contributed by atoms with Gasteiger partial charge in [-0.15, -0.1) is 0 Å². The first-order valence-electron chi connectivity index (χ1n) is 6.97. The van der Waals surface area contributed by atoms with Crippen molar-refractivity contribution in [2.75, 3.05) is 32.8 Å². The number of hydrogen-bond acceptors (Lipinski definition) is 3. The number of aliphatic hydroxyl groups is 1. The molecule has 130 valence electrons. The predicted molar refractivity (Wildman–Crippen MR) is 70.6 cm³/mol. The first-order valence-corrected chi connectivity index (χ1v) is 6.97. The van der Waals surface area contributed by atoms with Crippen molar-refractivity contribution in [1.82, 2.24) is 10.2 Å². The van der Waals surface area contributed by atoms with Crippen LogP contribution in [0.5, 0.6) is 0 Å². The fraction of sp³-hybridized carbons (Fsp3) is 0.571. The molecule has 0 spiro atoms. The Morgan fingerprint density at radius 2 is 1.74 bits per heavy atom. The van der Waals surface area contributed by atoms with Gasteiger partial charge in [0.25, 0.3) is 5.92 Å². The number of benzene rings is 1. The third kappa shape index (κ3) is 3.96. The molecule has 2 N–H and O–H groups in total. The highest BCUT2D eigenvalue weighted by atomic mass is 19.4. The lowest BCUT2D eigenvalue weighted by molar-refractivity contribution is -0.140. The average Bonchev–Trinajstić information content (AvgIpc) is 2.47. The highest BCUT2D eigenvalue weighted by Gasteiger charge is 2.45. The van der Waals surface area contributed by atoms with E-state index in [0.717, 1.165) is 6.07 Å². The minimum absolute atomic E-state index is 0.211. The highest BCUT2D eigenvalue weighted by molar-refractivity contribution is 5.30. The summed E-state index contributed by atoms with van der Waals surface area (Å²) in [5.74, 6) is -5.22. The number of halogens is 6. The second kappa shape index (κ2) is 6.66. The normalized spacial score (nSPS) is 18.9. The summed E-state index contributed by atoms with van der Waals surface area (Å²) in [6.07, 6.45) is -4.90. The van der Waals surface area contributed by atoms with Crippen LogP contribution in [-0.2, 0) is 6.18 Å². The lowest BCUT2D eigenvalue weighted by atomic mass is 9.96. The van der Waals surface area contributed by atoms with E-state index in [1.54, 1.807) is 0 Å². The summed E-state index contributed by atoms with van der Waals surface area (Å²) in [6.45, 7) is -0.224. The average molecular weight is 342 g/mol.